The molecule has 0 unspecified atom stereocenters. The molecule has 4 heterocycles. The number of amides is 1. The Balaban J connectivity index is 1.18. The summed E-state index contributed by atoms with van der Waals surface area (Å²) in [7, 11) is 1.80. The molecule has 2 saturated heterocycles. The van der Waals surface area contributed by atoms with Gasteiger partial charge in [-0.1, -0.05) is 16.8 Å². The van der Waals surface area contributed by atoms with Crippen LogP contribution in [0.1, 0.15) is 0 Å². The summed E-state index contributed by atoms with van der Waals surface area (Å²) in [6, 6.07) is 7.86. The number of anilines is 2. The molecule has 0 saturated carbocycles. The second kappa shape index (κ2) is 7.14. The van der Waals surface area contributed by atoms with Crippen LogP contribution in [0.5, 0.6) is 0 Å². The van der Waals surface area contributed by atoms with Gasteiger partial charge < -0.3 is 14.7 Å². The standard InChI is InChI=1S/C19H21ClN8O/c1-25-17-16(23-24-25)18(22-12-21-17)28-10-13(11-28)19(29)27-8-6-26(7-9-27)15-4-2-14(20)3-5-15/h2-5,12-13H,6-11H2,1H3. The maximum Gasteiger partial charge on any atom is 0.229 e. The van der Waals surface area contributed by atoms with Crippen LogP contribution in [0.3, 0.4) is 0 Å². The van der Waals surface area contributed by atoms with Crippen molar-refractivity contribution in [2.45, 2.75) is 0 Å². The van der Waals surface area contributed by atoms with Gasteiger partial charge in [0.2, 0.25) is 5.91 Å². The van der Waals surface area contributed by atoms with E-state index in [4.69, 9.17) is 11.6 Å². The Kier molecular flexibility index (Phi) is 4.46. The Morgan fingerprint density at radius 2 is 1.76 bits per heavy atom. The Bertz CT molecular complexity index is 1040. The summed E-state index contributed by atoms with van der Waals surface area (Å²) < 4.78 is 1.63. The number of rotatable bonds is 3. The van der Waals surface area contributed by atoms with Crippen LogP contribution in [0.2, 0.25) is 5.02 Å². The van der Waals surface area contributed by atoms with Crippen molar-refractivity contribution in [2.75, 3.05) is 49.1 Å². The van der Waals surface area contributed by atoms with Crippen LogP contribution in [0, 0.1) is 5.92 Å². The molecule has 3 aromatic rings. The molecular formula is C19H21ClN8O. The normalized spacial score (nSPS) is 17.7. The van der Waals surface area contributed by atoms with Crippen molar-refractivity contribution in [1.82, 2.24) is 29.9 Å². The monoisotopic (exact) mass is 412 g/mol. The molecule has 150 valence electrons. The van der Waals surface area contributed by atoms with Crippen molar-refractivity contribution in [1.29, 1.82) is 0 Å². The highest BCUT2D eigenvalue weighted by molar-refractivity contribution is 6.30. The average Bonchev–Trinajstić information content (AvgIpc) is 3.09. The van der Waals surface area contributed by atoms with E-state index < -0.39 is 0 Å². The van der Waals surface area contributed by atoms with E-state index >= 15 is 0 Å². The summed E-state index contributed by atoms with van der Waals surface area (Å²) >= 11 is 5.97. The summed E-state index contributed by atoms with van der Waals surface area (Å²) in [4.78, 5) is 27.8. The fourth-order valence-electron chi connectivity index (χ4n) is 3.98. The van der Waals surface area contributed by atoms with Gasteiger partial charge in [0.05, 0.1) is 5.92 Å². The number of piperazine rings is 1. The molecule has 2 aromatic heterocycles. The highest BCUT2D eigenvalue weighted by Crippen LogP contribution is 2.29. The van der Waals surface area contributed by atoms with E-state index in [0.717, 1.165) is 42.7 Å². The van der Waals surface area contributed by atoms with Gasteiger partial charge in [0, 0.05) is 57.0 Å². The number of fused-ring (bicyclic) bond motifs is 1. The van der Waals surface area contributed by atoms with E-state index in [0.29, 0.717) is 24.3 Å². The Hall–Kier alpha value is -2.94. The van der Waals surface area contributed by atoms with Gasteiger partial charge >= 0.3 is 0 Å². The Morgan fingerprint density at radius 3 is 2.48 bits per heavy atom. The zero-order valence-corrected chi connectivity index (χ0v) is 16.8. The summed E-state index contributed by atoms with van der Waals surface area (Å²) in [5, 5.41) is 8.91. The van der Waals surface area contributed by atoms with Gasteiger partial charge in [-0.15, -0.1) is 5.10 Å². The molecule has 9 nitrogen and oxygen atoms in total. The van der Waals surface area contributed by atoms with E-state index in [1.807, 2.05) is 29.2 Å². The van der Waals surface area contributed by atoms with Crippen molar-refractivity contribution in [3.05, 3.63) is 35.6 Å². The molecule has 0 atom stereocenters. The number of benzene rings is 1. The lowest BCUT2D eigenvalue weighted by atomic mass is 9.98. The molecule has 1 aromatic carbocycles. The SMILES string of the molecule is Cn1nnc2c(N3CC(C(=O)N4CCN(c5ccc(Cl)cc5)CC4)C3)ncnc21. The highest BCUT2D eigenvalue weighted by Gasteiger charge is 2.38. The topological polar surface area (TPSA) is 83.3 Å². The largest absolute Gasteiger partial charge is 0.368 e. The summed E-state index contributed by atoms with van der Waals surface area (Å²) in [6.45, 7) is 4.43. The molecular weight excluding hydrogens is 392 g/mol. The number of halogens is 1. The number of nitrogens with zero attached hydrogens (tertiary/aromatic N) is 8. The zero-order valence-electron chi connectivity index (χ0n) is 16.1. The van der Waals surface area contributed by atoms with Crippen molar-refractivity contribution in [3.63, 3.8) is 0 Å². The maximum atomic E-state index is 12.9. The minimum absolute atomic E-state index is 0.00114. The summed E-state index contributed by atoms with van der Waals surface area (Å²) in [5.41, 5.74) is 2.52. The van der Waals surface area contributed by atoms with Gasteiger partial charge in [-0.3, -0.25) is 4.79 Å². The van der Waals surface area contributed by atoms with E-state index in [1.54, 1.807) is 11.7 Å². The van der Waals surface area contributed by atoms with E-state index in [1.165, 1.54) is 6.33 Å². The van der Waals surface area contributed by atoms with Crippen LogP contribution < -0.4 is 9.80 Å². The minimum atomic E-state index is -0.00114. The first-order valence-corrected chi connectivity index (χ1v) is 10.0. The van der Waals surface area contributed by atoms with Crippen molar-refractivity contribution in [2.24, 2.45) is 13.0 Å². The molecule has 1 amide bonds. The Labute approximate surface area is 172 Å². The van der Waals surface area contributed by atoms with E-state index in [2.05, 4.69) is 30.1 Å². The first kappa shape index (κ1) is 18.1. The first-order chi connectivity index (χ1) is 14.1. The van der Waals surface area contributed by atoms with E-state index in [9.17, 15) is 4.79 Å². The van der Waals surface area contributed by atoms with Gasteiger partial charge in [-0.05, 0) is 24.3 Å². The predicted octanol–water partition coefficient (Wildman–Crippen LogP) is 1.20. The molecule has 0 radical (unpaired) electrons. The van der Waals surface area contributed by atoms with Gasteiger partial charge in [0.15, 0.2) is 17.0 Å². The number of hydrogen-bond acceptors (Lipinski definition) is 7. The molecule has 0 spiro atoms. The molecule has 2 aliphatic heterocycles. The molecule has 2 fully saturated rings. The van der Waals surface area contributed by atoms with E-state index in [-0.39, 0.29) is 11.8 Å². The molecule has 5 rings (SSSR count). The lowest BCUT2D eigenvalue weighted by molar-refractivity contribution is -0.136. The van der Waals surface area contributed by atoms with Gasteiger partial charge in [-0.25, -0.2) is 14.6 Å². The van der Waals surface area contributed by atoms with Crippen molar-refractivity contribution >= 4 is 40.2 Å². The van der Waals surface area contributed by atoms with Crippen molar-refractivity contribution in [3.8, 4) is 0 Å². The molecule has 0 aliphatic carbocycles. The minimum Gasteiger partial charge on any atom is -0.368 e. The second-order valence-corrected chi connectivity index (χ2v) is 7.91. The molecule has 0 N–H and O–H groups in total. The average molecular weight is 413 g/mol. The lowest BCUT2D eigenvalue weighted by Crippen LogP contribution is -2.58. The Morgan fingerprint density at radius 1 is 1.03 bits per heavy atom. The summed E-state index contributed by atoms with van der Waals surface area (Å²) in [5.74, 6) is 0.972. The fourth-order valence-corrected chi connectivity index (χ4v) is 4.10. The van der Waals surface area contributed by atoms with Crippen molar-refractivity contribution < 1.29 is 4.79 Å². The van der Waals surface area contributed by atoms with Crippen LogP contribution in [0.4, 0.5) is 11.5 Å². The first-order valence-electron chi connectivity index (χ1n) is 9.65. The maximum absolute atomic E-state index is 12.9. The molecule has 29 heavy (non-hydrogen) atoms. The molecule has 0 bridgehead atoms. The van der Waals surface area contributed by atoms with Gasteiger partial charge in [0.25, 0.3) is 0 Å². The zero-order chi connectivity index (χ0) is 20.0. The number of hydrogen-bond donors (Lipinski definition) is 0. The van der Waals surface area contributed by atoms with Crippen LogP contribution in [-0.2, 0) is 11.8 Å². The summed E-state index contributed by atoms with van der Waals surface area (Å²) in [6.07, 6.45) is 1.52. The number of aromatic nitrogens is 5. The third kappa shape index (κ3) is 3.25. The quantitative estimate of drug-likeness (QED) is 0.639. The number of carbonyl (C=O) groups is 1. The lowest BCUT2D eigenvalue weighted by Gasteiger charge is -2.43. The fraction of sp³-hybridized carbons (Fsp3) is 0.421. The second-order valence-electron chi connectivity index (χ2n) is 7.47. The number of aryl methyl sites for hydroxylation is 1. The third-order valence-corrected chi connectivity index (χ3v) is 5.93. The predicted molar refractivity (Wildman–Crippen MR) is 110 cm³/mol. The third-order valence-electron chi connectivity index (χ3n) is 5.68. The van der Waals surface area contributed by atoms with Crippen LogP contribution in [0.15, 0.2) is 30.6 Å². The van der Waals surface area contributed by atoms with Gasteiger partial charge in [-0.2, -0.15) is 0 Å². The highest BCUT2D eigenvalue weighted by atomic mass is 35.5. The van der Waals surface area contributed by atoms with Crippen LogP contribution >= 0.6 is 11.6 Å². The van der Waals surface area contributed by atoms with Crippen LogP contribution in [0.25, 0.3) is 11.2 Å². The molecule has 10 heteroatoms. The molecule has 2 aliphatic rings. The van der Waals surface area contributed by atoms with Gasteiger partial charge in [0.1, 0.15) is 6.33 Å². The van der Waals surface area contributed by atoms with Crippen LogP contribution in [-0.4, -0.2) is 75.0 Å². The smallest absolute Gasteiger partial charge is 0.229 e. The number of carbonyl (C=O) groups excluding carboxylic acids is 1.